The van der Waals surface area contributed by atoms with E-state index in [1.54, 1.807) is 25.1 Å². The number of aliphatic hydroxyl groups is 1. The molecule has 132 valence electrons. The number of nitrogens with zero attached hydrogens (tertiary/aromatic N) is 2. The van der Waals surface area contributed by atoms with E-state index in [4.69, 9.17) is 9.68 Å². The fourth-order valence-corrected chi connectivity index (χ4v) is 2.26. The van der Waals surface area contributed by atoms with E-state index in [-0.39, 0.29) is 6.54 Å². The third-order valence-corrected chi connectivity index (χ3v) is 3.72. The maximum Gasteiger partial charge on any atom is 0.191 e. The predicted octanol–water partition coefficient (Wildman–Crippen LogP) is 2.42. The Morgan fingerprint density at radius 3 is 2.52 bits per heavy atom. The Morgan fingerprint density at radius 2 is 1.96 bits per heavy atom. The minimum absolute atomic E-state index is 0.263. The van der Waals surface area contributed by atoms with E-state index in [1.807, 2.05) is 32.0 Å². The second kappa shape index (κ2) is 8.36. The van der Waals surface area contributed by atoms with Gasteiger partial charge < -0.3 is 20.2 Å². The molecule has 1 unspecified atom stereocenters. The van der Waals surface area contributed by atoms with Gasteiger partial charge >= 0.3 is 0 Å². The van der Waals surface area contributed by atoms with Crippen molar-refractivity contribution in [2.45, 2.75) is 32.9 Å². The first-order valence-corrected chi connectivity index (χ1v) is 8.25. The molecule has 3 N–H and O–H groups in total. The maximum atomic E-state index is 10.6. The van der Waals surface area contributed by atoms with Crippen molar-refractivity contribution >= 4 is 5.96 Å². The molecule has 6 heteroatoms. The Morgan fingerprint density at radius 1 is 1.24 bits per heavy atom. The second-order valence-corrected chi connectivity index (χ2v) is 6.04. The van der Waals surface area contributed by atoms with E-state index in [0.717, 1.165) is 11.3 Å². The number of hydrogen-bond donors (Lipinski definition) is 3. The number of nitriles is 1. The molecule has 0 bridgehead atoms. The zero-order valence-electron chi connectivity index (χ0n) is 14.8. The Bertz CT molecular complexity index is 754. The lowest BCUT2D eigenvalue weighted by Crippen LogP contribution is -2.44. The van der Waals surface area contributed by atoms with Crippen LogP contribution in [-0.4, -0.2) is 24.2 Å². The van der Waals surface area contributed by atoms with Crippen LogP contribution in [0.4, 0.5) is 0 Å². The van der Waals surface area contributed by atoms with E-state index in [2.05, 4.69) is 21.7 Å². The average molecular weight is 340 g/mol. The van der Waals surface area contributed by atoms with E-state index in [0.29, 0.717) is 30.4 Å². The molecule has 1 heterocycles. The summed E-state index contributed by atoms with van der Waals surface area (Å²) in [6.07, 6.45) is 0. The van der Waals surface area contributed by atoms with Crippen LogP contribution in [0.3, 0.4) is 0 Å². The molecule has 2 rings (SSSR count). The third kappa shape index (κ3) is 5.37. The number of hydrogen-bond acceptors (Lipinski definition) is 4. The smallest absolute Gasteiger partial charge is 0.191 e. The summed E-state index contributed by atoms with van der Waals surface area (Å²) in [6.45, 7) is 6.97. The van der Waals surface area contributed by atoms with Crippen molar-refractivity contribution in [3.8, 4) is 6.07 Å². The molecule has 0 spiro atoms. The third-order valence-electron chi connectivity index (χ3n) is 3.72. The Balaban J connectivity index is 2.00. The number of aryl methyl sites for hydroxylation is 1. The molecule has 0 aliphatic rings. The van der Waals surface area contributed by atoms with Gasteiger partial charge in [-0.25, -0.2) is 4.99 Å². The molecule has 25 heavy (non-hydrogen) atoms. The molecule has 0 saturated carbocycles. The number of furan rings is 1. The molecular formula is C19H24N4O2. The van der Waals surface area contributed by atoms with Gasteiger partial charge in [0.1, 0.15) is 17.1 Å². The summed E-state index contributed by atoms with van der Waals surface area (Å²) in [5.74, 6) is 1.88. The topological polar surface area (TPSA) is 93.6 Å². The lowest BCUT2D eigenvalue weighted by molar-refractivity contribution is 0.0378. The molecule has 0 fully saturated rings. The zero-order chi connectivity index (χ0) is 18.3. The van der Waals surface area contributed by atoms with Crippen molar-refractivity contribution in [2.24, 2.45) is 4.99 Å². The number of aliphatic imine (C=N–C) groups is 1. The lowest BCUT2D eigenvalue weighted by Gasteiger charge is -2.22. The van der Waals surface area contributed by atoms with Crippen molar-refractivity contribution in [2.75, 3.05) is 13.1 Å². The van der Waals surface area contributed by atoms with Gasteiger partial charge in [0.25, 0.3) is 0 Å². The molecule has 6 nitrogen and oxygen atoms in total. The number of guanidine groups is 1. The van der Waals surface area contributed by atoms with E-state index in [1.165, 1.54) is 0 Å². The van der Waals surface area contributed by atoms with Crippen LogP contribution < -0.4 is 10.6 Å². The minimum Gasteiger partial charge on any atom is -0.463 e. The van der Waals surface area contributed by atoms with Gasteiger partial charge in [0, 0.05) is 6.54 Å². The normalized spacial score (nSPS) is 13.8. The largest absolute Gasteiger partial charge is 0.463 e. The van der Waals surface area contributed by atoms with Gasteiger partial charge in [0.15, 0.2) is 5.96 Å². The molecule has 0 aliphatic carbocycles. The summed E-state index contributed by atoms with van der Waals surface area (Å²) in [5, 5.41) is 25.7. The van der Waals surface area contributed by atoms with Crippen LogP contribution >= 0.6 is 0 Å². The Hall–Kier alpha value is -2.78. The van der Waals surface area contributed by atoms with E-state index in [9.17, 15) is 5.11 Å². The summed E-state index contributed by atoms with van der Waals surface area (Å²) in [5.41, 5.74) is 0.492. The molecule has 0 aliphatic heterocycles. The minimum atomic E-state index is -1.14. The van der Waals surface area contributed by atoms with Crippen molar-refractivity contribution < 1.29 is 9.52 Å². The van der Waals surface area contributed by atoms with Crippen molar-refractivity contribution in [3.05, 3.63) is 59.0 Å². The molecule has 2 aromatic rings. The van der Waals surface area contributed by atoms with E-state index >= 15 is 0 Å². The lowest BCUT2D eigenvalue weighted by atomic mass is 10.0. The molecule has 1 aromatic carbocycles. The van der Waals surface area contributed by atoms with Gasteiger partial charge in [-0.2, -0.15) is 5.26 Å². The van der Waals surface area contributed by atoms with Crippen LogP contribution in [0.2, 0.25) is 0 Å². The highest BCUT2D eigenvalue weighted by molar-refractivity contribution is 5.79. The van der Waals surface area contributed by atoms with E-state index < -0.39 is 5.60 Å². The summed E-state index contributed by atoms with van der Waals surface area (Å²) in [6, 6.07) is 13.0. The molecule has 0 amide bonds. The van der Waals surface area contributed by atoms with Crippen LogP contribution in [0.5, 0.6) is 0 Å². The summed E-state index contributed by atoms with van der Waals surface area (Å²) in [4.78, 5) is 4.51. The first-order chi connectivity index (χ1) is 11.9. The summed E-state index contributed by atoms with van der Waals surface area (Å²) in [7, 11) is 0. The van der Waals surface area contributed by atoms with Crippen LogP contribution in [0, 0.1) is 18.3 Å². The molecule has 1 aromatic heterocycles. The van der Waals surface area contributed by atoms with Gasteiger partial charge in [-0.05, 0) is 50.6 Å². The SMILES string of the molecule is CCNC(=NCc1ccc(C#N)cc1)NCC(C)(O)c1ccc(C)o1. The zero-order valence-corrected chi connectivity index (χ0v) is 14.8. The highest BCUT2D eigenvalue weighted by atomic mass is 16.4. The highest BCUT2D eigenvalue weighted by Crippen LogP contribution is 2.21. The Labute approximate surface area is 148 Å². The molecular weight excluding hydrogens is 316 g/mol. The predicted molar refractivity (Wildman–Crippen MR) is 97.0 cm³/mol. The first kappa shape index (κ1) is 18.6. The first-order valence-electron chi connectivity index (χ1n) is 8.25. The van der Waals surface area contributed by atoms with Gasteiger partial charge in [0.05, 0.1) is 24.7 Å². The molecule has 0 saturated heterocycles. The number of benzene rings is 1. The van der Waals surface area contributed by atoms with Crippen LogP contribution in [0.25, 0.3) is 0 Å². The number of nitrogens with one attached hydrogen (secondary N) is 2. The fourth-order valence-electron chi connectivity index (χ4n) is 2.26. The van der Waals surface area contributed by atoms with Gasteiger partial charge in [-0.3, -0.25) is 0 Å². The summed E-state index contributed by atoms with van der Waals surface area (Å²) < 4.78 is 5.52. The Kier molecular flexibility index (Phi) is 6.20. The van der Waals surface area contributed by atoms with Gasteiger partial charge in [-0.15, -0.1) is 0 Å². The van der Waals surface area contributed by atoms with Crippen LogP contribution in [-0.2, 0) is 12.1 Å². The highest BCUT2D eigenvalue weighted by Gasteiger charge is 2.27. The molecule has 0 radical (unpaired) electrons. The number of rotatable bonds is 6. The van der Waals surface area contributed by atoms with Gasteiger partial charge in [-0.1, -0.05) is 12.1 Å². The van der Waals surface area contributed by atoms with Crippen LogP contribution in [0.15, 0.2) is 45.8 Å². The quantitative estimate of drug-likeness (QED) is 0.555. The molecule has 1 atom stereocenters. The van der Waals surface area contributed by atoms with Gasteiger partial charge in [0.2, 0.25) is 0 Å². The van der Waals surface area contributed by atoms with Crippen LogP contribution in [0.1, 0.15) is 36.5 Å². The monoisotopic (exact) mass is 340 g/mol. The standard InChI is InChI=1S/C19H24N4O2/c1-4-21-18(22-12-16-8-6-15(11-20)7-9-16)23-13-19(3,24)17-10-5-14(2)25-17/h5-10,24H,4,12-13H2,1-3H3,(H2,21,22,23). The van der Waals surface area contributed by atoms with Crippen molar-refractivity contribution in [3.63, 3.8) is 0 Å². The fraction of sp³-hybridized carbons (Fsp3) is 0.368. The maximum absolute atomic E-state index is 10.6. The second-order valence-electron chi connectivity index (χ2n) is 6.04. The van der Waals surface area contributed by atoms with Crippen molar-refractivity contribution in [1.29, 1.82) is 5.26 Å². The van der Waals surface area contributed by atoms with Crippen molar-refractivity contribution in [1.82, 2.24) is 10.6 Å². The average Bonchev–Trinajstić information content (AvgIpc) is 3.05. The summed E-state index contributed by atoms with van der Waals surface area (Å²) >= 11 is 0.